The van der Waals surface area contributed by atoms with E-state index in [-0.39, 0.29) is 59.1 Å². The van der Waals surface area contributed by atoms with E-state index >= 15 is 0 Å². The number of likely N-dealkylation sites (tertiary alicyclic amines) is 1. The van der Waals surface area contributed by atoms with Crippen LogP contribution in [0.3, 0.4) is 0 Å². The number of fused-ring (bicyclic) bond motifs is 5. The molecule has 2 aromatic rings. The van der Waals surface area contributed by atoms with Gasteiger partial charge in [0.1, 0.15) is 29.6 Å². The number of aliphatic hydroxyl groups is 1. The van der Waals surface area contributed by atoms with Crippen molar-refractivity contribution in [3.05, 3.63) is 47.5 Å². The van der Waals surface area contributed by atoms with Crippen LogP contribution >= 0.6 is 0 Å². The highest BCUT2D eigenvalue weighted by molar-refractivity contribution is 5.98. The Balaban J connectivity index is 1.38. The zero-order valence-corrected chi connectivity index (χ0v) is 44.5. The second kappa shape index (κ2) is 30.3. The number of aromatic hydroxyl groups is 2. The van der Waals surface area contributed by atoms with Crippen molar-refractivity contribution in [2.24, 2.45) is 5.92 Å². The Morgan fingerprint density at radius 3 is 1.99 bits per heavy atom. The van der Waals surface area contributed by atoms with Gasteiger partial charge in [0.15, 0.2) is 17.3 Å². The summed E-state index contributed by atoms with van der Waals surface area (Å²) in [7, 11) is 2.80. The summed E-state index contributed by atoms with van der Waals surface area (Å²) in [6.45, 7) is 5.80. The lowest BCUT2D eigenvalue weighted by Gasteiger charge is -2.30. The van der Waals surface area contributed by atoms with Gasteiger partial charge in [-0.1, -0.05) is 103 Å². The lowest BCUT2D eigenvalue weighted by atomic mass is 9.89. The van der Waals surface area contributed by atoms with Gasteiger partial charge in [0.2, 0.25) is 35.4 Å². The summed E-state index contributed by atoms with van der Waals surface area (Å²) < 4.78 is 0. The number of likely N-dealkylation sites (N-methyl/N-ethyl adjacent to an activating group) is 2. The quantitative estimate of drug-likeness (QED) is 0.0585. The van der Waals surface area contributed by atoms with Crippen molar-refractivity contribution in [2.45, 2.75) is 186 Å². The van der Waals surface area contributed by atoms with Gasteiger partial charge in [-0.3, -0.25) is 43.2 Å². The van der Waals surface area contributed by atoms with Crippen LogP contribution in [0.15, 0.2) is 36.4 Å². The summed E-state index contributed by atoms with van der Waals surface area (Å²) in [5.74, 6) is -6.38. The number of benzene rings is 2. The zero-order valence-electron chi connectivity index (χ0n) is 44.5. The maximum Gasteiger partial charge on any atom is 0.245 e. The monoisotopic (exact) mass is 1030 g/mol. The molecule has 2 aliphatic rings. The Bertz CT molecular complexity index is 2290. The molecule has 408 valence electrons. The molecule has 0 aromatic heterocycles. The lowest BCUT2D eigenvalue weighted by molar-refractivity contribution is -0.142. The molecule has 0 saturated carbocycles. The summed E-state index contributed by atoms with van der Waals surface area (Å²) in [4.78, 5) is 124. The van der Waals surface area contributed by atoms with Gasteiger partial charge in [-0.25, -0.2) is 0 Å². The number of carbonyl (C=O) groups is 9. The highest BCUT2D eigenvalue weighted by Crippen LogP contribution is 2.39. The smallest absolute Gasteiger partial charge is 0.245 e. The fourth-order valence-corrected chi connectivity index (χ4v) is 9.81. The van der Waals surface area contributed by atoms with Crippen molar-refractivity contribution in [1.82, 2.24) is 30.7 Å². The number of Topliss-reactive ketones (excluding diaryl/α,β-unsaturated/α-hetero) is 3. The van der Waals surface area contributed by atoms with Crippen LogP contribution in [0.2, 0.25) is 0 Å². The van der Waals surface area contributed by atoms with Crippen LogP contribution in [0.25, 0.3) is 11.1 Å². The molecule has 0 aliphatic carbocycles. The van der Waals surface area contributed by atoms with Gasteiger partial charge in [0.25, 0.3) is 0 Å². The van der Waals surface area contributed by atoms with Crippen LogP contribution < -0.4 is 16.0 Å². The summed E-state index contributed by atoms with van der Waals surface area (Å²) in [6.07, 6.45) is 15.2. The predicted molar refractivity (Wildman–Crippen MR) is 279 cm³/mol. The minimum atomic E-state index is -1.36. The number of ketones is 3. The number of hydrogen-bond acceptors (Lipinski definition) is 12. The topological polar surface area (TPSA) is 260 Å². The molecular weight excluding hydrogens is 949 g/mol. The van der Waals surface area contributed by atoms with Gasteiger partial charge in [-0.2, -0.15) is 0 Å². The minimum Gasteiger partial charge on any atom is -0.507 e. The molecule has 74 heavy (non-hydrogen) atoms. The Kier molecular flexibility index (Phi) is 24.7. The van der Waals surface area contributed by atoms with E-state index in [0.717, 1.165) is 24.2 Å². The molecule has 2 aromatic carbocycles. The molecule has 18 heteroatoms. The third-order valence-electron chi connectivity index (χ3n) is 14.5. The van der Waals surface area contributed by atoms with Crippen LogP contribution in [-0.2, 0) is 49.6 Å². The van der Waals surface area contributed by atoms with Crippen LogP contribution in [0, 0.1) is 5.92 Å². The largest absolute Gasteiger partial charge is 0.507 e. The van der Waals surface area contributed by atoms with Gasteiger partial charge in [0.05, 0.1) is 25.2 Å². The van der Waals surface area contributed by atoms with E-state index in [0.29, 0.717) is 31.4 Å². The molecule has 18 nitrogen and oxygen atoms in total. The average molecular weight is 1030 g/mol. The lowest BCUT2D eigenvalue weighted by Crippen LogP contribution is -2.53. The normalized spacial score (nSPS) is 18.6. The molecule has 4 rings (SSSR count). The molecule has 1 fully saturated rings. The van der Waals surface area contributed by atoms with E-state index in [2.05, 4.69) is 22.9 Å². The number of nitrogens with zero attached hydrogens (tertiary/aromatic N) is 3. The van der Waals surface area contributed by atoms with Crippen molar-refractivity contribution >= 4 is 52.8 Å². The zero-order chi connectivity index (χ0) is 54.5. The fraction of sp³-hybridized carbons (Fsp3) is 0.625. The maximum absolute atomic E-state index is 14.4. The van der Waals surface area contributed by atoms with Crippen molar-refractivity contribution in [3.63, 3.8) is 0 Å². The molecule has 0 unspecified atom stereocenters. The van der Waals surface area contributed by atoms with Crippen molar-refractivity contribution < 1.29 is 58.5 Å². The Hall–Kier alpha value is -6.17. The van der Waals surface area contributed by atoms with Crippen molar-refractivity contribution in [2.75, 3.05) is 33.8 Å². The second-order valence-electron chi connectivity index (χ2n) is 20.3. The second-order valence-corrected chi connectivity index (χ2v) is 20.3. The predicted octanol–water partition coefficient (Wildman–Crippen LogP) is 5.75. The molecule has 6 atom stereocenters. The number of amides is 6. The van der Waals surface area contributed by atoms with E-state index in [4.69, 9.17) is 0 Å². The SMILES string of the molecule is CCCCCCCCCCCCCCCC(=O)N(C)[C@H](CO)C(=O)N[C@H](C)C(=O)CCC(=O)N(C)[C@@H]1C(=O)C[C@@H](C)C(=O)N[C@H](C(=O)NCC(=O)N2CCC[C@@H]2C(C)=O)Cc2ccc(O)c(c2)-c2cc1ccc2O. The van der Waals surface area contributed by atoms with Crippen LogP contribution in [0.4, 0.5) is 0 Å². The fourth-order valence-electron chi connectivity index (χ4n) is 9.81. The number of rotatable bonds is 27. The van der Waals surface area contributed by atoms with Gasteiger partial charge < -0.3 is 46.0 Å². The van der Waals surface area contributed by atoms with Crippen LogP contribution in [0.1, 0.15) is 167 Å². The first-order valence-electron chi connectivity index (χ1n) is 26.8. The molecule has 6 N–H and O–H groups in total. The number of hydrogen-bond donors (Lipinski definition) is 6. The number of aliphatic hydroxyl groups excluding tert-OH is 1. The average Bonchev–Trinajstić information content (AvgIpc) is 3.88. The molecule has 1 saturated heterocycles. The van der Waals surface area contributed by atoms with E-state index in [9.17, 15) is 58.5 Å². The van der Waals surface area contributed by atoms with E-state index in [1.807, 2.05) is 0 Å². The summed E-state index contributed by atoms with van der Waals surface area (Å²) in [6, 6.07) is 3.04. The molecule has 2 aliphatic heterocycles. The first kappa shape index (κ1) is 60.4. The third-order valence-corrected chi connectivity index (χ3v) is 14.5. The molecule has 2 heterocycles. The van der Waals surface area contributed by atoms with Gasteiger partial charge >= 0.3 is 0 Å². The standard InChI is InChI=1S/C56H82N6O12/c1-7-8-9-10-11-12-13-14-15-16-17-18-19-22-50(69)60(5)45(35-63)56(74)58-37(3)46(65)27-28-51(70)61(6)53-40-24-26-48(67)42(33-40)41-31-39(23-25-47(41)66)32-43(59-54(72)36(2)30-49(53)68)55(73)57-34-52(71)62-29-20-21-44(62)38(4)64/h23-26,31,33,36-37,43-45,53,63,66-67H,7-22,27-30,32,34-35H2,1-6H3,(H,57,73)(H,58,74)(H,59,72)/t36-,37-,43+,44-,45-,53+/m1/s1. The van der Waals surface area contributed by atoms with Gasteiger partial charge in [-0.15, -0.1) is 0 Å². The number of nitrogens with one attached hydrogen (secondary N) is 3. The number of phenols is 2. The third kappa shape index (κ3) is 17.8. The van der Waals surface area contributed by atoms with Crippen LogP contribution in [0.5, 0.6) is 11.5 Å². The summed E-state index contributed by atoms with van der Waals surface area (Å²) >= 11 is 0. The van der Waals surface area contributed by atoms with Gasteiger partial charge in [-0.05, 0) is 68.5 Å². The molecule has 0 radical (unpaired) electrons. The first-order valence-corrected chi connectivity index (χ1v) is 26.8. The Morgan fingerprint density at radius 2 is 1.38 bits per heavy atom. The molecule has 4 bridgehead atoms. The number of carbonyl (C=O) groups excluding carboxylic acids is 9. The molecular formula is C56H82N6O12. The maximum atomic E-state index is 14.4. The van der Waals surface area contributed by atoms with Crippen molar-refractivity contribution in [3.8, 4) is 22.6 Å². The summed E-state index contributed by atoms with van der Waals surface area (Å²) in [5.41, 5.74) is 0.903. The van der Waals surface area contributed by atoms with E-state index in [1.54, 1.807) is 0 Å². The number of unbranched alkanes of at least 4 members (excludes halogenated alkanes) is 12. The Morgan fingerprint density at radius 1 is 0.784 bits per heavy atom. The molecule has 0 spiro atoms. The summed E-state index contributed by atoms with van der Waals surface area (Å²) in [5, 5.41) is 40.1. The van der Waals surface area contributed by atoms with E-state index in [1.165, 1.54) is 139 Å². The number of phenolic OH excluding ortho intramolecular Hbond substituents is 2. The van der Waals surface area contributed by atoms with Gasteiger partial charge in [0, 0.05) is 69.8 Å². The van der Waals surface area contributed by atoms with Crippen LogP contribution in [-0.4, -0.2) is 141 Å². The van der Waals surface area contributed by atoms with Crippen molar-refractivity contribution in [1.29, 1.82) is 0 Å². The Labute approximate surface area is 436 Å². The highest BCUT2D eigenvalue weighted by Gasteiger charge is 2.36. The first-order chi connectivity index (χ1) is 35.3. The van der Waals surface area contributed by atoms with E-state index < -0.39 is 103 Å². The minimum absolute atomic E-state index is 0.0970. The highest BCUT2D eigenvalue weighted by atomic mass is 16.3. The molecule has 6 amide bonds.